The van der Waals surface area contributed by atoms with Gasteiger partial charge in [-0.1, -0.05) is 12.1 Å². The molecule has 18 heavy (non-hydrogen) atoms. The highest BCUT2D eigenvalue weighted by Gasteiger charge is 2.16. The molecule has 0 atom stereocenters. The van der Waals surface area contributed by atoms with E-state index in [1.54, 1.807) is 6.07 Å². The van der Waals surface area contributed by atoms with Gasteiger partial charge < -0.3 is 5.32 Å². The second kappa shape index (κ2) is 4.46. The lowest BCUT2D eigenvalue weighted by molar-refractivity contribution is 0.625. The Balaban J connectivity index is 1.92. The normalized spacial score (nSPS) is 13.7. The number of aryl methyl sites for hydroxylation is 1. The molecule has 1 aromatic carbocycles. The summed E-state index contributed by atoms with van der Waals surface area (Å²) in [6.45, 7) is 3.65. The SMILES string of the molecule is Cc1nc(Cc2cccc(F)c2)nc2c1CNC2. The Morgan fingerprint density at radius 2 is 2.17 bits per heavy atom. The maximum Gasteiger partial charge on any atom is 0.133 e. The van der Waals surface area contributed by atoms with Gasteiger partial charge in [-0.3, -0.25) is 0 Å². The van der Waals surface area contributed by atoms with Gasteiger partial charge in [0.05, 0.1) is 5.69 Å². The number of halogens is 1. The van der Waals surface area contributed by atoms with Crippen LogP contribution in [0.5, 0.6) is 0 Å². The molecule has 2 heterocycles. The third-order valence-corrected chi connectivity index (χ3v) is 3.19. The molecular formula is C14H14FN3. The lowest BCUT2D eigenvalue weighted by Crippen LogP contribution is -2.04. The summed E-state index contributed by atoms with van der Waals surface area (Å²) in [5, 5.41) is 3.27. The zero-order valence-corrected chi connectivity index (χ0v) is 10.2. The largest absolute Gasteiger partial charge is 0.307 e. The molecule has 0 amide bonds. The highest BCUT2D eigenvalue weighted by molar-refractivity contribution is 5.30. The molecule has 0 spiro atoms. The van der Waals surface area contributed by atoms with Crippen molar-refractivity contribution in [3.8, 4) is 0 Å². The summed E-state index contributed by atoms with van der Waals surface area (Å²) in [4.78, 5) is 9.04. The number of fused-ring (bicyclic) bond motifs is 1. The lowest BCUT2D eigenvalue weighted by Gasteiger charge is -2.06. The molecule has 1 aliphatic heterocycles. The fourth-order valence-corrected chi connectivity index (χ4v) is 2.31. The lowest BCUT2D eigenvalue weighted by atomic mass is 10.1. The minimum absolute atomic E-state index is 0.216. The molecule has 0 unspecified atom stereocenters. The first-order valence-electron chi connectivity index (χ1n) is 6.03. The monoisotopic (exact) mass is 243 g/mol. The van der Waals surface area contributed by atoms with Crippen LogP contribution < -0.4 is 5.32 Å². The van der Waals surface area contributed by atoms with Crippen molar-refractivity contribution < 1.29 is 4.39 Å². The zero-order valence-electron chi connectivity index (χ0n) is 10.2. The number of hydrogen-bond acceptors (Lipinski definition) is 3. The van der Waals surface area contributed by atoms with Crippen molar-refractivity contribution in [1.82, 2.24) is 15.3 Å². The number of hydrogen-bond donors (Lipinski definition) is 1. The van der Waals surface area contributed by atoms with Crippen molar-refractivity contribution in [1.29, 1.82) is 0 Å². The van der Waals surface area contributed by atoms with E-state index in [0.29, 0.717) is 6.42 Å². The van der Waals surface area contributed by atoms with E-state index in [4.69, 9.17) is 0 Å². The number of nitrogens with one attached hydrogen (secondary N) is 1. The Morgan fingerprint density at radius 3 is 3.00 bits per heavy atom. The summed E-state index contributed by atoms with van der Waals surface area (Å²) in [6.07, 6.45) is 0.575. The Kier molecular flexibility index (Phi) is 2.80. The fraction of sp³-hybridized carbons (Fsp3) is 0.286. The fourth-order valence-electron chi connectivity index (χ4n) is 2.31. The molecule has 0 aliphatic carbocycles. The van der Waals surface area contributed by atoms with E-state index < -0.39 is 0 Å². The van der Waals surface area contributed by atoms with Crippen molar-refractivity contribution in [3.05, 3.63) is 58.4 Å². The van der Waals surface area contributed by atoms with E-state index in [9.17, 15) is 4.39 Å². The molecule has 0 radical (unpaired) electrons. The van der Waals surface area contributed by atoms with E-state index in [1.165, 1.54) is 17.7 Å². The Morgan fingerprint density at radius 1 is 1.28 bits per heavy atom. The maximum absolute atomic E-state index is 13.1. The smallest absolute Gasteiger partial charge is 0.133 e. The van der Waals surface area contributed by atoms with E-state index in [-0.39, 0.29) is 5.82 Å². The molecule has 0 saturated carbocycles. The first-order valence-corrected chi connectivity index (χ1v) is 6.03. The average molecular weight is 243 g/mol. The van der Waals surface area contributed by atoms with Gasteiger partial charge in [0.1, 0.15) is 11.6 Å². The van der Waals surface area contributed by atoms with E-state index >= 15 is 0 Å². The predicted molar refractivity (Wildman–Crippen MR) is 66.5 cm³/mol. The number of nitrogens with zero attached hydrogens (tertiary/aromatic N) is 2. The minimum atomic E-state index is -0.216. The quantitative estimate of drug-likeness (QED) is 0.878. The predicted octanol–water partition coefficient (Wildman–Crippen LogP) is 2.12. The van der Waals surface area contributed by atoms with Crippen molar-refractivity contribution in [2.45, 2.75) is 26.4 Å². The average Bonchev–Trinajstić information content (AvgIpc) is 2.77. The molecule has 3 rings (SSSR count). The summed E-state index contributed by atoms with van der Waals surface area (Å²) in [5.74, 6) is 0.549. The number of rotatable bonds is 2. The van der Waals surface area contributed by atoms with Gasteiger partial charge in [0.15, 0.2) is 0 Å². The zero-order chi connectivity index (χ0) is 12.5. The van der Waals surface area contributed by atoms with Crippen LogP contribution in [-0.4, -0.2) is 9.97 Å². The van der Waals surface area contributed by atoms with Crippen LogP contribution in [0.4, 0.5) is 4.39 Å². The first-order chi connectivity index (χ1) is 8.72. The third kappa shape index (κ3) is 2.11. The molecule has 3 nitrogen and oxygen atoms in total. The Labute approximate surface area is 105 Å². The van der Waals surface area contributed by atoms with E-state index in [0.717, 1.165) is 35.9 Å². The molecule has 1 aromatic heterocycles. The molecule has 4 heteroatoms. The standard InChI is InChI=1S/C14H14FN3/c1-9-12-7-16-8-13(12)18-14(17-9)6-10-3-2-4-11(15)5-10/h2-5,16H,6-8H2,1H3. The highest BCUT2D eigenvalue weighted by atomic mass is 19.1. The maximum atomic E-state index is 13.1. The molecule has 0 saturated heterocycles. The van der Waals surface area contributed by atoms with Gasteiger partial charge in [0, 0.05) is 30.8 Å². The first kappa shape index (κ1) is 11.3. The summed E-state index contributed by atoms with van der Waals surface area (Å²) in [6, 6.07) is 6.59. The van der Waals surface area contributed by atoms with Crippen LogP contribution in [0.1, 0.15) is 28.3 Å². The van der Waals surface area contributed by atoms with Crippen LogP contribution in [0, 0.1) is 12.7 Å². The van der Waals surface area contributed by atoms with Crippen LogP contribution in [0.25, 0.3) is 0 Å². The van der Waals surface area contributed by atoms with Gasteiger partial charge in [-0.15, -0.1) is 0 Å². The topological polar surface area (TPSA) is 37.8 Å². The van der Waals surface area contributed by atoms with Gasteiger partial charge in [-0.25, -0.2) is 14.4 Å². The van der Waals surface area contributed by atoms with Gasteiger partial charge >= 0.3 is 0 Å². The van der Waals surface area contributed by atoms with E-state index in [1.807, 2.05) is 13.0 Å². The van der Waals surface area contributed by atoms with Crippen molar-refractivity contribution in [2.24, 2.45) is 0 Å². The van der Waals surface area contributed by atoms with Gasteiger partial charge in [-0.2, -0.15) is 0 Å². The van der Waals surface area contributed by atoms with Crippen LogP contribution in [0.3, 0.4) is 0 Å². The van der Waals surface area contributed by atoms with Crippen LogP contribution in [0.15, 0.2) is 24.3 Å². The van der Waals surface area contributed by atoms with Crippen LogP contribution >= 0.6 is 0 Å². The second-order valence-corrected chi connectivity index (χ2v) is 4.56. The van der Waals surface area contributed by atoms with Crippen LogP contribution in [0.2, 0.25) is 0 Å². The van der Waals surface area contributed by atoms with Gasteiger partial charge in [0.2, 0.25) is 0 Å². The van der Waals surface area contributed by atoms with Gasteiger partial charge in [-0.05, 0) is 24.6 Å². The Hall–Kier alpha value is -1.81. The molecule has 1 N–H and O–H groups in total. The molecule has 0 fully saturated rings. The van der Waals surface area contributed by atoms with Crippen molar-refractivity contribution in [3.63, 3.8) is 0 Å². The number of aromatic nitrogens is 2. The summed E-state index contributed by atoms with van der Waals surface area (Å²) in [5.41, 5.74) is 4.21. The van der Waals surface area contributed by atoms with Crippen LogP contribution in [-0.2, 0) is 19.5 Å². The molecule has 2 aromatic rings. The van der Waals surface area contributed by atoms with Gasteiger partial charge in [0.25, 0.3) is 0 Å². The molecule has 92 valence electrons. The Bertz CT molecular complexity index is 596. The number of benzene rings is 1. The summed E-state index contributed by atoms with van der Waals surface area (Å²) in [7, 11) is 0. The molecular weight excluding hydrogens is 229 g/mol. The van der Waals surface area contributed by atoms with Crippen molar-refractivity contribution in [2.75, 3.05) is 0 Å². The summed E-state index contributed by atoms with van der Waals surface area (Å²) >= 11 is 0. The second-order valence-electron chi connectivity index (χ2n) is 4.56. The molecule has 0 bridgehead atoms. The highest BCUT2D eigenvalue weighted by Crippen LogP contribution is 2.17. The minimum Gasteiger partial charge on any atom is -0.307 e. The van der Waals surface area contributed by atoms with E-state index in [2.05, 4.69) is 15.3 Å². The molecule has 1 aliphatic rings. The summed E-state index contributed by atoms with van der Waals surface area (Å²) < 4.78 is 13.1. The van der Waals surface area contributed by atoms with Crippen molar-refractivity contribution >= 4 is 0 Å². The third-order valence-electron chi connectivity index (χ3n) is 3.19.